The van der Waals surface area contributed by atoms with Gasteiger partial charge in [-0.1, -0.05) is 68.9 Å². The molecule has 2 amide bonds. The van der Waals surface area contributed by atoms with Gasteiger partial charge in [-0.05, 0) is 54.8 Å². The molecule has 33 heavy (non-hydrogen) atoms. The zero-order chi connectivity index (χ0) is 24.2. The number of rotatable bonds is 7. The number of carbonyl (C=O) groups is 2. The molecule has 178 valence electrons. The molecule has 2 N–H and O–H groups in total. The molecule has 2 atom stereocenters. The fourth-order valence-electron chi connectivity index (χ4n) is 4.50. The van der Waals surface area contributed by atoms with Gasteiger partial charge < -0.3 is 15.3 Å². The van der Waals surface area contributed by atoms with Gasteiger partial charge in [0.25, 0.3) is 5.91 Å². The Morgan fingerprint density at radius 2 is 1.64 bits per heavy atom. The number of piperidine rings is 1. The van der Waals surface area contributed by atoms with Crippen LogP contribution in [0.1, 0.15) is 62.4 Å². The van der Waals surface area contributed by atoms with Gasteiger partial charge in [0, 0.05) is 34.1 Å². The Balaban J connectivity index is 1.76. The first-order chi connectivity index (χ1) is 15.6. The van der Waals surface area contributed by atoms with Gasteiger partial charge in [0.05, 0.1) is 5.60 Å². The minimum absolute atomic E-state index is 0.114. The van der Waals surface area contributed by atoms with E-state index in [1.54, 1.807) is 41.3 Å². The first-order valence-corrected chi connectivity index (χ1v) is 12.2. The van der Waals surface area contributed by atoms with Crippen LogP contribution in [-0.2, 0) is 10.4 Å². The van der Waals surface area contributed by atoms with Crippen molar-refractivity contribution in [2.75, 3.05) is 13.1 Å². The lowest BCUT2D eigenvalue weighted by molar-refractivity contribution is -0.154. The Kier molecular flexibility index (Phi) is 8.09. The molecule has 0 radical (unpaired) electrons. The molecule has 0 spiro atoms. The second-order valence-electron chi connectivity index (χ2n) is 9.44. The molecule has 5 nitrogen and oxygen atoms in total. The number of benzene rings is 2. The number of carbonyl (C=O) groups excluding carboxylic acids is 2. The van der Waals surface area contributed by atoms with E-state index in [0.29, 0.717) is 41.5 Å². The van der Waals surface area contributed by atoms with E-state index in [9.17, 15) is 14.7 Å². The van der Waals surface area contributed by atoms with E-state index >= 15 is 0 Å². The van der Waals surface area contributed by atoms with Crippen LogP contribution in [0, 0.1) is 5.41 Å². The number of hydrogen-bond acceptors (Lipinski definition) is 3. The molecule has 0 aliphatic carbocycles. The van der Waals surface area contributed by atoms with Gasteiger partial charge in [0.2, 0.25) is 5.91 Å². The lowest BCUT2D eigenvalue weighted by Gasteiger charge is -2.51. The van der Waals surface area contributed by atoms with Crippen molar-refractivity contribution in [1.82, 2.24) is 10.2 Å². The molecule has 0 saturated carbocycles. The van der Waals surface area contributed by atoms with Crippen LogP contribution in [0.15, 0.2) is 48.5 Å². The maximum atomic E-state index is 13.5. The topological polar surface area (TPSA) is 69.6 Å². The number of aliphatic hydroxyl groups is 1. The molecule has 1 aliphatic rings. The summed E-state index contributed by atoms with van der Waals surface area (Å²) >= 11 is 12.0. The first-order valence-electron chi connectivity index (χ1n) is 11.4. The number of likely N-dealkylation sites (tertiary alicyclic amines) is 1. The summed E-state index contributed by atoms with van der Waals surface area (Å²) in [6.07, 6.45) is 2.71. The second-order valence-corrected chi connectivity index (χ2v) is 10.3. The maximum absolute atomic E-state index is 13.5. The normalized spacial score (nSPS) is 20.8. The Morgan fingerprint density at radius 3 is 2.18 bits per heavy atom. The molecule has 1 aliphatic heterocycles. The first kappa shape index (κ1) is 25.5. The third-order valence-corrected chi connectivity index (χ3v) is 7.14. The molecule has 2 aromatic rings. The standard InChI is InChI=1S/C26H32Cl2N2O3/c1-4-5-6-22(29-23(31)18-7-11-20(27)12-8-18)24(32)30-16-15-26(33,25(2,3)17-30)19-9-13-21(28)14-10-19/h7-14,22,33H,4-6,15-17H2,1-3H3,(H,29,31)/t22-,26+/m1/s1. The van der Waals surface area contributed by atoms with Crippen LogP contribution in [-0.4, -0.2) is 41.0 Å². The van der Waals surface area contributed by atoms with Crippen molar-refractivity contribution < 1.29 is 14.7 Å². The Morgan fingerprint density at radius 1 is 1.06 bits per heavy atom. The van der Waals surface area contributed by atoms with E-state index in [0.717, 1.165) is 18.4 Å². The summed E-state index contributed by atoms with van der Waals surface area (Å²) in [5, 5.41) is 15.7. The molecule has 1 heterocycles. The summed E-state index contributed by atoms with van der Waals surface area (Å²) in [6, 6.07) is 13.2. The van der Waals surface area contributed by atoms with Crippen LogP contribution in [0.4, 0.5) is 0 Å². The zero-order valence-corrected chi connectivity index (χ0v) is 20.9. The molecule has 2 aromatic carbocycles. The molecule has 0 aromatic heterocycles. The second kappa shape index (κ2) is 10.5. The Labute approximate surface area is 206 Å². The van der Waals surface area contributed by atoms with E-state index in [4.69, 9.17) is 23.2 Å². The third kappa shape index (κ3) is 5.71. The number of amides is 2. The molecular formula is C26H32Cl2N2O3. The van der Waals surface area contributed by atoms with Crippen molar-refractivity contribution in [3.8, 4) is 0 Å². The van der Waals surface area contributed by atoms with E-state index < -0.39 is 17.1 Å². The summed E-state index contributed by atoms with van der Waals surface area (Å²) < 4.78 is 0. The Bertz CT molecular complexity index is 976. The van der Waals surface area contributed by atoms with Crippen molar-refractivity contribution >= 4 is 35.0 Å². The van der Waals surface area contributed by atoms with Crippen molar-refractivity contribution in [3.05, 3.63) is 69.7 Å². The van der Waals surface area contributed by atoms with Crippen molar-refractivity contribution in [3.63, 3.8) is 0 Å². The predicted octanol–water partition coefficient (Wildman–Crippen LogP) is 5.43. The number of nitrogens with one attached hydrogen (secondary N) is 1. The summed E-state index contributed by atoms with van der Waals surface area (Å²) in [6.45, 7) is 6.77. The SMILES string of the molecule is CCCC[C@@H](NC(=O)c1ccc(Cl)cc1)C(=O)N1CC[C@](O)(c2ccc(Cl)cc2)C(C)(C)C1. The van der Waals surface area contributed by atoms with Crippen molar-refractivity contribution in [1.29, 1.82) is 0 Å². The van der Waals surface area contributed by atoms with Gasteiger partial charge >= 0.3 is 0 Å². The predicted molar refractivity (Wildman–Crippen MR) is 133 cm³/mol. The fraction of sp³-hybridized carbons (Fsp3) is 0.462. The summed E-state index contributed by atoms with van der Waals surface area (Å²) in [5.74, 6) is -0.410. The third-order valence-electron chi connectivity index (χ3n) is 6.64. The van der Waals surface area contributed by atoms with Crippen molar-refractivity contribution in [2.45, 2.75) is 58.1 Å². The quantitative estimate of drug-likeness (QED) is 0.543. The van der Waals surface area contributed by atoms with Crippen LogP contribution in [0.3, 0.4) is 0 Å². The van der Waals surface area contributed by atoms with Crippen LogP contribution < -0.4 is 5.32 Å². The van der Waals surface area contributed by atoms with Gasteiger partial charge in [-0.2, -0.15) is 0 Å². The number of nitrogens with zero attached hydrogens (tertiary/aromatic N) is 1. The van der Waals surface area contributed by atoms with Crippen molar-refractivity contribution in [2.24, 2.45) is 5.41 Å². The summed E-state index contributed by atoms with van der Waals surface area (Å²) in [4.78, 5) is 28.1. The molecule has 0 bridgehead atoms. The lowest BCUT2D eigenvalue weighted by atomic mass is 9.66. The average molecular weight is 491 g/mol. The molecule has 7 heteroatoms. The number of hydrogen-bond donors (Lipinski definition) is 2. The Hall–Kier alpha value is -2.08. The molecule has 3 rings (SSSR count). The number of halogens is 2. The van der Waals surface area contributed by atoms with Crippen LogP contribution in [0.25, 0.3) is 0 Å². The van der Waals surface area contributed by atoms with Crippen LogP contribution >= 0.6 is 23.2 Å². The number of unbranched alkanes of at least 4 members (excludes halogenated alkanes) is 1. The van der Waals surface area contributed by atoms with E-state index in [1.165, 1.54) is 0 Å². The molecule has 1 saturated heterocycles. The summed E-state index contributed by atoms with van der Waals surface area (Å²) in [7, 11) is 0. The van der Waals surface area contributed by atoms with Gasteiger partial charge in [-0.25, -0.2) is 0 Å². The van der Waals surface area contributed by atoms with Crippen LogP contribution in [0.2, 0.25) is 10.0 Å². The average Bonchev–Trinajstić information content (AvgIpc) is 2.78. The highest BCUT2D eigenvalue weighted by atomic mass is 35.5. The smallest absolute Gasteiger partial charge is 0.251 e. The molecule has 1 fully saturated rings. The van der Waals surface area contributed by atoms with E-state index in [1.807, 2.05) is 26.0 Å². The van der Waals surface area contributed by atoms with Gasteiger partial charge in [0.1, 0.15) is 6.04 Å². The van der Waals surface area contributed by atoms with E-state index in [2.05, 4.69) is 12.2 Å². The minimum atomic E-state index is -1.08. The van der Waals surface area contributed by atoms with Crippen LogP contribution in [0.5, 0.6) is 0 Å². The van der Waals surface area contributed by atoms with Gasteiger partial charge in [-0.15, -0.1) is 0 Å². The minimum Gasteiger partial charge on any atom is -0.384 e. The maximum Gasteiger partial charge on any atom is 0.251 e. The molecular weight excluding hydrogens is 459 g/mol. The fourth-order valence-corrected chi connectivity index (χ4v) is 4.75. The highest BCUT2D eigenvalue weighted by Gasteiger charge is 2.50. The zero-order valence-electron chi connectivity index (χ0n) is 19.4. The highest BCUT2D eigenvalue weighted by Crippen LogP contribution is 2.46. The lowest BCUT2D eigenvalue weighted by Crippen LogP contribution is -2.59. The van der Waals surface area contributed by atoms with E-state index in [-0.39, 0.29) is 11.8 Å². The highest BCUT2D eigenvalue weighted by molar-refractivity contribution is 6.30. The van der Waals surface area contributed by atoms with Gasteiger partial charge in [0.15, 0.2) is 0 Å². The monoisotopic (exact) mass is 490 g/mol. The largest absolute Gasteiger partial charge is 0.384 e. The van der Waals surface area contributed by atoms with Gasteiger partial charge in [-0.3, -0.25) is 9.59 Å². The molecule has 0 unspecified atom stereocenters. The summed E-state index contributed by atoms with van der Waals surface area (Å²) in [5.41, 5.74) is -0.420.